The zero-order valence-electron chi connectivity index (χ0n) is 22.5. The molecule has 3 saturated heterocycles. The van der Waals surface area contributed by atoms with Gasteiger partial charge in [-0.2, -0.15) is 4.98 Å². The second kappa shape index (κ2) is 11.5. The van der Waals surface area contributed by atoms with Gasteiger partial charge in [0.1, 0.15) is 35.5 Å². The molecular weight excluding hydrogens is 700 g/mol. The van der Waals surface area contributed by atoms with E-state index in [0.717, 1.165) is 11.8 Å². The molecule has 7 rings (SSSR count). The fraction of sp³-hybridized carbons (Fsp3) is 0.455. The molecule has 4 aromatic heterocycles. The lowest BCUT2D eigenvalue weighted by molar-refractivity contribution is -0.0422. The molecule has 2 bridgehead atoms. The fourth-order valence-corrected chi connectivity index (χ4v) is 10.0. The molecule has 2 unspecified atom stereocenters. The van der Waals surface area contributed by atoms with Crippen molar-refractivity contribution in [2.45, 2.75) is 47.5 Å². The Morgan fingerprint density at radius 1 is 1.11 bits per heavy atom. The predicted molar refractivity (Wildman–Crippen MR) is 166 cm³/mol. The van der Waals surface area contributed by atoms with E-state index in [4.69, 9.17) is 46.1 Å². The van der Waals surface area contributed by atoms with Crippen molar-refractivity contribution in [3.05, 3.63) is 41.2 Å². The molecule has 3 fully saturated rings. The van der Waals surface area contributed by atoms with Crippen LogP contribution < -0.4 is 17.0 Å². The van der Waals surface area contributed by atoms with Gasteiger partial charge in [-0.25, -0.2) is 23.3 Å². The molecule has 3 aliphatic rings. The Labute approximate surface area is 266 Å². The Morgan fingerprint density at radius 2 is 1.91 bits per heavy atom. The molecule has 0 saturated carbocycles. The quantitative estimate of drug-likeness (QED) is 0.148. The Morgan fingerprint density at radius 3 is 2.71 bits per heavy atom. The smallest absolute Gasteiger partial charge is 0.386 e. The summed E-state index contributed by atoms with van der Waals surface area (Å²) in [7, 11) is 0. The van der Waals surface area contributed by atoms with Crippen LogP contribution in [0.5, 0.6) is 0 Å². The van der Waals surface area contributed by atoms with Crippen LogP contribution in [0.25, 0.3) is 22.2 Å². The standard InChI is InChI=1S/C22H24F2N8O8P2S3/c23-12-11-6-37-42(35,44)39-15-10(38-20(13(15)24)31-4-2-8-9(25)1-3-27-17(8)31)5-36-41(34,43)40-16(12)21(45-11)32-7-28-14-18(32)29-22(26)30-19(14)33/h1-4,7,10-13,15-16,20-21H,5-6H2,(H2,25,27)(H,34,43)(H,35,44)(H3,26,29,30,33)/t10-,11-,12+,13+,15-,16-,20-,21-,41?,42?/m1/s1. The lowest BCUT2D eigenvalue weighted by Gasteiger charge is -2.26. The van der Waals surface area contributed by atoms with Gasteiger partial charge in [-0.3, -0.25) is 27.9 Å². The molecule has 0 radical (unpaired) electrons. The molecule has 242 valence electrons. The van der Waals surface area contributed by atoms with E-state index in [1.165, 1.54) is 27.9 Å². The van der Waals surface area contributed by atoms with Crippen LogP contribution in [-0.4, -0.2) is 83.1 Å². The minimum absolute atomic E-state index is 0.0127. The van der Waals surface area contributed by atoms with E-state index in [0.29, 0.717) is 16.7 Å². The number of rotatable bonds is 2. The first-order valence-corrected chi connectivity index (χ1v) is 19.4. The van der Waals surface area contributed by atoms with E-state index in [1.54, 1.807) is 12.1 Å². The third-order valence-corrected chi connectivity index (χ3v) is 12.2. The normalized spacial score (nSPS) is 37.7. The average Bonchev–Trinajstić information content (AvgIpc) is 3.72. The maximum atomic E-state index is 16.1. The van der Waals surface area contributed by atoms with E-state index in [2.05, 4.69) is 32.2 Å². The number of alkyl halides is 2. The monoisotopic (exact) mass is 724 g/mol. The highest BCUT2D eigenvalue weighted by Gasteiger charge is 2.53. The summed E-state index contributed by atoms with van der Waals surface area (Å²) in [6.07, 6.45) is -5.39. The Bertz CT molecular complexity index is 1950. The van der Waals surface area contributed by atoms with Crippen LogP contribution in [0, 0.1) is 0 Å². The van der Waals surface area contributed by atoms with Gasteiger partial charge < -0.3 is 30.2 Å². The van der Waals surface area contributed by atoms with Gasteiger partial charge >= 0.3 is 13.5 Å². The molecule has 16 nitrogen and oxygen atoms in total. The summed E-state index contributed by atoms with van der Waals surface area (Å²) >= 11 is 10.2. The lowest BCUT2D eigenvalue weighted by Crippen LogP contribution is -2.34. The Hall–Kier alpha value is -2.16. The van der Waals surface area contributed by atoms with Crippen LogP contribution in [0.4, 0.5) is 20.4 Å². The van der Waals surface area contributed by atoms with Crippen molar-refractivity contribution in [2.75, 3.05) is 24.7 Å². The van der Waals surface area contributed by atoms with E-state index in [-0.39, 0.29) is 17.1 Å². The second-order valence-electron chi connectivity index (χ2n) is 10.3. The van der Waals surface area contributed by atoms with E-state index >= 15 is 8.78 Å². The molecule has 0 aliphatic carbocycles. The number of pyridine rings is 1. The van der Waals surface area contributed by atoms with Gasteiger partial charge in [-0.15, -0.1) is 11.8 Å². The van der Waals surface area contributed by atoms with E-state index in [1.807, 2.05) is 0 Å². The van der Waals surface area contributed by atoms with Gasteiger partial charge in [0.25, 0.3) is 5.56 Å². The number of aromatic amines is 1. The van der Waals surface area contributed by atoms with Crippen molar-refractivity contribution in [3.8, 4) is 0 Å². The number of halogens is 2. The fourth-order valence-electron chi connectivity index (χ4n) is 5.46. The zero-order valence-corrected chi connectivity index (χ0v) is 26.8. The number of H-pyrrole nitrogens is 1. The summed E-state index contributed by atoms with van der Waals surface area (Å²) in [4.78, 5) is 38.0. The van der Waals surface area contributed by atoms with Crippen LogP contribution in [0.1, 0.15) is 11.6 Å². The first-order chi connectivity index (χ1) is 21.3. The lowest BCUT2D eigenvalue weighted by atomic mass is 10.1. The highest BCUT2D eigenvalue weighted by molar-refractivity contribution is 8.44. The number of thiol groups is 1. The molecule has 23 heteroatoms. The first kappa shape index (κ1) is 31.4. The molecule has 45 heavy (non-hydrogen) atoms. The summed E-state index contributed by atoms with van der Waals surface area (Å²) in [6, 6.07) is 3.22. The molecule has 4 aromatic rings. The first-order valence-electron chi connectivity index (χ1n) is 13.2. The Kier molecular flexibility index (Phi) is 8.05. The van der Waals surface area contributed by atoms with Crippen molar-refractivity contribution in [1.29, 1.82) is 0 Å². The molecule has 6 N–H and O–H groups in total. The molecule has 0 amide bonds. The number of anilines is 2. The molecular formula is C22H24F2N8O8P2S3. The minimum atomic E-state index is -4.40. The number of thioether (sulfide) groups is 1. The van der Waals surface area contributed by atoms with Gasteiger partial charge in [0.2, 0.25) is 5.95 Å². The van der Waals surface area contributed by atoms with Crippen LogP contribution in [0.2, 0.25) is 0 Å². The van der Waals surface area contributed by atoms with Crippen LogP contribution >= 0.6 is 37.5 Å². The van der Waals surface area contributed by atoms with E-state index < -0.39 is 79.8 Å². The summed E-state index contributed by atoms with van der Waals surface area (Å²) in [5.41, 5.74) is 11.8. The Balaban J connectivity index is 1.21. The maximum Gasteiger partial charge on any atom is 0.386 e. The number of nitrogen functional groups attached to an aromatic ring is 2. The van der Waals surface area contributed by atoms with Gasteiger partial charge in [0.05, 0.1) is 24.8 Å². The summed E-state index contributed by atoms with van der Waals surface area (Å²) in [6.45, 7) is -9.77. The number of fused-ring (bicyclic) bond motifs is 5. The number of nitrogens with zero attached hydrogens (tertiary/aromatic N) is 5. The minimum Gasteiger partial charge on any atom is -0.398 e. The number of nitrogens with two attached hydrogens (primary N) is 2. The van der Waals surface area contributed by atoms with Crippen molar-refractivity contribution >= 4 is 83.2 Å². The number of imidazole rings is 1. The number of hydrogen-bond acceptors (Lipinski definition) is 14. The van der Waals surface area contributed by atoms with Crippen LogP contribution in [-0.2, 0) is 39.2 Å². The van der Waals surface area contributed by atoms with Gasteiger partial charge in [0.15, 0.2) is 23.6 Å². The highest BCUT2D eigenvalue weighted by atomic mass is 32.7. The maximum absolute atomic E-state index is 16.1. The third-order valence-electron chi connectivity index (χ3n) is 7.49. The number of aromatic nitrogens is 6. The molecule has 10 atom stereocenters. The molecule has 0 spiro atoms. The number of hydrogen-bond donors (Lipinski definition) is 5. The average molecular weight is 725 g/mol. The SMILES string of the molecule is Nc1nc2c(ncn2[C@@H]2S[C@@H]3COP(O)(=S)O[C@H]4[C@H](F)[C@H](n5ccc6c(N)ccnc65)O[C@@H]4COP(=O)(S)O[C@@H]2[C@H]3F)c(=O)[nH]1. The number of ether oxygens (including phenoxy) is 1. The van der Waals surface area contributed by atoms with Crippen LogP contribution in [0.15, 0.2) is 35.6 Å². The van der Waals surface area contributed by atoms with Gasteiger partial charge in [-0.1, -0.05) is 12.2 Å². The summed E-state index contributed by atoms with van der Waals surface area (Å²) in [5, 5.41) is -1.57. The zero-order chi connectivity index (χ0) is 31.8. The largest absolute Gasteiger partial charge is 0.398 e. The predicted octanol–water partition coefficient (Wildman–Crippen LogP) is 2.59. The summed E-state index contributed by atoms with van der Waals surface area (Å²) < 4.78 is 76.4. The number of nitrogens with one attached hydrogen (secondary N) is 1. The van der Waals surface area contributed by atoms with Gasteiger partial charge in [0, 0.05) is 23.5 Å². The van der Waals surface area contributed by atoms with Crippen LogP contribution in [0.3, 0.4) is 0 Å². The topological polar surface area (TPSA) is 217 Å². The molecule has 3 aliphatic heterocycles. The van der Waals surface area contributed by atoms with Gasteiger partial charge in [-0.05, 0) is 23.9 Å². The third kappa shape index (κ3) is 5.71. The van der Waals surface area contributed by atoms with Crippen molar-refractivity contribution in [2.24, 2.45) is 0 Å². The second-order valence-corrected chi connectivity index (χ2v) is 17.4. The van der Waals surface area contributed by atoms with E-state index in [9.17, 15) is 14.3 Å². The van der Waals surface area contributed by atoms with Crippen molar-refractivity contribution in [1.82, 2.24) is 29.1 Å². The molecule has 0 aromatic carbocycles. The van der Waals surface area contributed by atoms with Crippen molar-refractivity contribution < 1.29 is 41.1 Å². The summed E-state index contributed by atoms with van der Waals surface area (Å²) in [5.74, 6) is -0.211. The highest BCUT2D eigenvalue weighted by Crippen LogP contribution is 2.61. The molecule has 7 heterocycles. The van der Waals surface area contributed by atoms with Crippen molar-refractivity contribution in [3.63, 3.8) is 0 Å².